The molecule has 0 spiro atoms. The zero-order valence-electron chi connectivity index (χ0n) is 9.23. The van der Waals surface area contributed by atoms with Gasteiger partial charge >= 0.3 is 0 Å². The van der Waals surface area contributed by atoms with Crippen LogP contribution in [0.25, 0.3) is 0 Å². The highest BCUT2D eigenvalue weighted by molar-refractivity contribution is 9.10. The van der Waals surface area contributed by atoms with Gasteiger partial charge in [0.1, 0.15) is 17.3 Å². The van der Waals surface area contributed by atoms with Crippen LogP contribution in [0.1, 0.15) is 4.88 Å². The summed E-state index contributed by atoms with van der Waals surface area (Å²) in [5.41, 5.74) is 0. The molecule has 0 unspecified atom stereocenters. The van der Waals surface area contributed by atoms with Gasteiger partial charge in [0, 0.05) is 18.5 Å². The number of hydrogen-bond acceptors (Lipinski definition) is 4. The van der Waals surface area contributed by atoms with E-state index in [1.165, 1.54) is 11.2 Å². The molecule has 0 aliphatic rings. The van der Waals surface area contributed by atoms with E-state index in [2.05, 4.69) is 48.3 Å². The fourth-order valence-electron chi connectivity index (χ4n) is 1.44. The van der Waals surface area contributed by atoms with E-state index in [9.17, 15) is 0 Å². The molecule has 0 radical (unpaired) electrons. The lowest BCUT2D eigenvalue weighted by Crippen LogP contribution is -2.21. The molecule has 0 aliphatic carbocycles. The second kappa shape index (κ2) is 5.80. The van der Waals surface area contributed by atoms with E-state index in [-0.39, 0.29) is 0 Å². The molecule has 0 N–H and O–H groups in total. The third kappa shape index (κ3) is 3.18. The van der Waals surface area contributed by atoms with Gasteiger partial charge < -0.3 is 4.90 Å². The lowest BCUT2D eigenvalue weighted by molar-refractivity contribution is 0.861. The van der Waals surface area contributed by atoms with Crippen LogP contribution in [0.15, 0.2) is 28.3 Å². The lowest BCUT2D eigenvalue weighted by Gasteiger charge is -2.18. The Balaban J connectivity index is 2.04. The zero-order chi connectivity index (χ0) is 12.3. The van der Waals surface area contributed by atoms with E-state index >= 15 is 0 Å². The maximum Gasteiger partial charge on any atom is 0.148 e. The Morgan fingerprint density at radius 3 is 3.00 bits per heavy atom. The SMILES string of the molecule is CN(CCc1cccs1)c1ncnc(Cl)c1Br. The molecule has 0 aromatic carbocycles. The van der Waals surface area contributed by atoms with Crippen LogP contribution in [0.5, 0.6) is 0 Å². The first-order valence-corrected chi connectivity index (χ1v) is 7.13. The second-order valence-electron chi connectivity index (χ2n) is 3.55. The van der Waals surface area contributed by atoms with Crippen molar-refractivity contribution in [3.63, 3.8) is 0 Å². The molecule has 2 rings (SSSR count). The monoisotopic (exact) mass is 331 g/mol. The molecule has 17 heavy (non-hydrogen) atoms. The van der Waals surface area contributed by atoms with Gasteiger partial charge in [-0.05, 0) is 33.8 Å². The number of aromatic nitrogens is 2. The number of anilines is 1. The van der Waals surface area contributed by atoms with Crippen molar-refractivity contribution in [2.24, 2.45) is 0 Å². The quantitative estimate of drug-likeness (QED) is 0.801. The summed E-state index contributed by atoms with van der Waals surface area (Å²) in [6.45, 7) is 0.895. The van der Waals surface area contributed by atoms with Crippen molar-refractivity contribution < 1.29 is 0 Å². The third-order valence-electron chi connectivity index (χ3n) is 2.36. The topological polar surface area (TPSA) is 29.0 Å². The molecule has 2 heterocycles. The van der Waals surface area contributed by atoms with Gasteiger partial charge in [-0.1, -0.05) is 17.7 Å². The van der Waals surface area contributed by atoms with Gasteiger partial charge in [0.05, 0.1) is 4.47 Å². The highest BCUT2D eigenvalue weighted by atomic mass is 79.9. The van der Waals surface area contributed by atoms with Gasteiger partial charge in [-0.15, -0.1) is 11.3 Å². The van der Waals surface area contributed by atoms with Crippen LogP contribution >= 0.6 is 38.9 Å². The third-order valence-corrected chi connectivity index (χ3v) is 4.55. The van der Waals surface area contributed by atoms with Gasteiger partial charge in [0.25, 0.3) is 0 Å². The number of likely N-dealkylation sites (N-methyl/N-ethyl adjacent to an activating group) is 1. The van der Waals surface area contributed by atoms with E-state index in [0.717, 1.165) is 23.3 Å². The Hall–Kier alpha value is -0.650. The van der Waals surface area contributed by atoms with Crippen LogP contribution < -0.4 is 4.90 Å². The molecular formula is C11H11BrClN3S. The van der Waals surface area contributed by atoms with Crippen LogP contribution in [-0.4, -0.2) is 23.6 Å². The Morgan fingerprint density at radius 2 is 2.29 bits per heavy atom. The maximum absolute atomic E-state index is 5.94. The molecule has 6 heteroatoms. The van der Waals surface area contributed by atoms with Crippen molar-refractivity contribution in [3.8, 4) is 0 Å². The number of thiophene rings is 1. The summed E-state index contributed by atoms with van der Waals surface area (Å²) in [7, 11) is 2.00. The maximum atomic E-state index is 5.94. The Morgan fingerprint density at radius 1 is 1.47 bits per heavy atom. The molecule has 0 saturated heterocycles. The minimum absolute atomic E-state index is 0.443. The standard InChI is InChI=1S/C11H11BrClN3S/c1-16(5-4-8-3-2-6-17-8)11-9(12)10(13)14-7-15-11/h2-3,6-7H,4-5H2,1H3. The largest absolute Gasteiger partial charge is 0.358 e. The summed E-state index contributed by atoms with van der Waals surface area (Å²) in [4.78, 5) is 11.6. The lowest BCUT2D eigenvalue weighted by atomic mass is 10.3. The Bertz CT molecular complexity index is 489. The Labute approximate surface area is 118 Å². The van der Waals surface area contributed by atoms with E-state index in [1.807, 2.05) is 7.05 Å². The molecule has 2 aromatic heterocycles. The van der Waals surface area contributed by atoms with Crippen molar-refractivity contribution >= 4 is 44.7 Å². The number of halogens is 2. The van der Waals surface area contributed by atoms with Crippen molar-refractivity contribution in [3.05, 3.63) is 38.3 Å². The number of nitrogens with zero attached hydrogens (tertiary/aromatic N) is 3. The van der Waals surface area contributed by atoms with Crippen molar-refractivity contribution in [1.29, 1.82) is 0 Å². The molecule has 0 saturated carbocycles. The van der Waals surface area contributed by atoms with E-state index in [0.29, 0.717) is 5.15 Å². The molecule has 2 aromatic rings. The predicted octanol–water partition coefficient (Wildman–Crippen LogP) is 3.63. The first-order chi connectivity index (χ1) is 8.18. The smallest absolute Gasteiger partial charge is 0.148 e. The molecule has 0 bridgehead atoms. The summed E-state index contributed by atoms with van der Waals surface area (Å²) >= 11 is 11.1. The van der Waals surface area contributed by atoms with Crippen LogP contribution in [-0.2, 0) is 6.42 Å². The second-order valence-corrected chi connectivity index (χ2v) is 5.74. The van der Waals surface area contributed by atoms with Gasteiger partial charge in [-0.2, -0.15) is 0 Å². The molecule has 0 atom stereocenters. The van der Waals surface area contributed by atoms with Crippen molar-refractivity contribution in [2.75, 3.05) is 18.5 Å². The summed E-state index contributed by atoms with van der Waals surface area (Å²) in [5.74, 6) is 0.821. The van der Waals surface area contributed by atoms with Crippen LogP contribution in [0.3, 0.4) is 0 Å². The van der Waals surface area contributed by atoms with Crippen molar-refractivity contribution in [2.45, 2.75) is 6.42 Å². The van der Waals surface area contributed by atoms with E-state index in [4.69, 9.17) is 11.6 Å². The summed E-state index contributed by atoms with van der Waals surface area (Å²) in [6.07, 6.45) is 2.48. The first-order valence-electron chi connectivity index (χ1n) is 5.08. The summed E-state index contributed by atoms with van der Waals surface area (Å²) in [6, 6.07) is 4.21. The molecule has 0 amide bonds. The average Bonchev–Trinajstić information content (AvgIpc) is 2.82. The summed E-state index contributed by atoms with van der Waals surface area (Å²) in [5, 5.41) is 2.53. The van der Waals surface area contributed by atoms with Crippen LogP contribution in [0, 0.1) is 0 Å². The normalized spacial score (nSPS) is 10.5. The van der Waals surface area contributed by atoms with Crippen LogP contribution in [0.4, 0.5) is 5.82 Å². The summed E-state index contributed by atoms with van der Waals surface area (Å²) < 4.78 is 0.746. The van der Waals surface area contributed by atoms with Crippen LogP contribution in [0.2, 0.25) is 5.15 Å². The molecule has 90 valence electrons. The van der Waals surface area contributed by atoms with E-state index in [1.54, 1.807) is 11.3 Å². The number of hydrogen-bond donors (Lipinski definition) is 0. The minimum Gasteiger partial charge on any atom is -0.358 e. The highest BCUT2D eigenvalue weighted by Crippen LogP contribution is 2.28. The fourth-order valence-corrected chi connectivity index (χ4v) is 2.78. The molecular weight excluding hydrogens is 322 g/mol. The first kappa shape index (κ1) is 12.8. The number of rotatable bonds is 4. The zero-order valence-corrected chi connectivity index (χ0v) is 12.4. The van der Waals surface area contributed by atoms with Gasteiger partial charge in [-0.25, -0.2) is 9.97 Å². The predicted molar refractivity (Wildman–Crippen MR) is 76.0 cm³/mol. The van der Waals surface area contributed by atoms with Gasteiger partial charge in [0.15, 0.2) is 0 Å². The van der Waals surface area contributed by atoms with Crippen molar-refractivity contribution in [1.82, 2.24) is 9.97 Å². The Kier molecular flexibility index (Phi) is 4.36. The van der Waals surface area contributed by atoms with Gasteiger partial charge in [-0.3, -0.25) is 0 Å². The fraction of sp³-hybridized carbons (Fsp3) is 0.273. The molecule has 0 aliphatic heterocycles. The molecule has 3 nitrogen and oxygen atoms in total. The van der Waals surface area contributed by atoms with Gasteiger partial charge in [0.2, 0.25) is 0 Å². The molecule has 0 fully saturated rings. The van der Waals surface area contributed by atoms with E-state index < -0.39 is 0 Å². The average molecular weight is 333 g/mol. The minimum atomic E-state index is 0.443. The highest BCUT2D eigenvalue weighted by Gasteiger charge is 2.11.